The zero-order chi connectivity index (χ0) is 42.8. The summed E-state index contributed by atoms with van der Waals surface area (Å²) in [6.45, 7) is 26.9. The summed E-state index contributed by atoms with van der Waals surface area (Å²) >= 11 is 0. The predicted molar refractivity (Wildman–Crippen MR) is 231 cm³/mol. The van der Waals surface area contributed by atoms with E-state index in [1.165, 1.54) is 20.3 Å². The molecular formula is C44H64N4O9Si. The quantitative estimate of drug-likeness (QED) is 0.0610. The van der Waals surface area contributed by atoms with Crippen molar-refractivity contribution in [3.05, 3.63) is 72.4 Å². The largest absolute Gasteiger partial charge is 0.493 e. The lowest BCUT2D eigenvalue weighted by Gasteiger charge is -2.38. The highest BCUT2D eigenvalue weighted by atomic mass is 28.4. The first kappa shape index (κ1) is 45.7. The van der Waals surface area contributed by atoms with Gasteiger partial charge in [0.15, 0.2) is 31.3 Å². The maximum atomic E-state index is 13.9. The number of carbonyl (C=O) groups excluding carboxylic acids is 3. The van der Waals surface area contributed by atoms with Gasteiger partial charge in [0.25, 0.3) is 11.8 Å². The minimum atomic E-state index is -2.01. The first-order chi connectivity index (χ1) is 27.4. The van der Waals surface area contributed by atoms with Crippen LogP contribution >= 0.6 is 0 Å². The van der Waals surface area contributed by atoms with E-state index in [0.717, 1.165) is 30.4 Å². The van der Waals surface area contributed by atoms with Crippen molar-refractivity contribution in [1.82, 2.24) is 9.80 Å². The van der Waals surface area contributed by atoms with Gasteiger partial charge in [-0.1, -0.05) is 64.7 Å². The zero-order valence-corrected chi connectivity index (χ0v) is 36.8. The molecule has 0 unspecified atom stereocenters. The summed E-state index contributed by atoms with van der Waals surface area (Å²) in [6.07, 6.45) is 5.07. The number of ether oxygens (including phenoxy) is 5. The van der Waals surface area contributed by atoms with E-state index in [1.54, 1.807) is 34.1 Å². The molecule has 2 fully saturated rings. The summed E-state index contributed by atoms with van der Waals surface area (Å²) in [5, 5.41) is 2.75. The molecule has 2 aliphatic heterocycles. The molecule has 2 aliphatic rings. The van der Waals surface area contributed by atoms with E-state index in [4.69, 9.17) is 33.8 Å². The van der Waals surface area contributed by atoms with Crippen molar-refractivity contribution >= 4 is 37.6 Å². The van der Waals surface area contributed by atoms with Crippen LogP contribution in [0.5, 0.6) is 23.0 Å². The van der Waals surface area contributed by atoms with Gasteiger partial charge in [-0.05, 0) is 68.8 Å². The van der Waals surface area contributed by atoms with Crippen LogP contribution in [0, 0.1) is 0 Å². The maximum absolute atomic E-state index is 13.9. The first-order valence-corrected chi connectivity index (χ1v) is 22.9. The summed E-state index contributed by atoms with van der Waals surface area (Å²) in [4.78, 5) is 43.8. The Morgan fingerprint density at radius 1 is 0.845 bits per heavy atom. The lowest BCUT2D eigenvalue weighted by Crippen LogP contribution is -2.46. The summed E-state index contributed by atoms with van der Waals surface area (Å²) < 4.78 is 35.1. The topological polar surface area (TPSA) is 151 Å². The van der Waals surface area contributed by atoms with E-state index in [0.29, 0.717) is 86.4 Å². The fourth-order valence-electron chi connectivity index (χ4n) is 6.75. The number of unbranched alkanes of at least 4 members (excludes halogenated alkanes) is 2. The average molecular weight is 821 g/mol. The minimum Gasteiger partial charge on any atom is -0.493 e. The van der Waals surface area contributed by atoms with Crippen LogP contribution in [0.3, 0.4) is 0 Å². The number of nitrogen functional groups attached to an aromatic ring is 1. The molecule has 4 rings (SSSR count). The molecule has 2 aromatic carbocycles. The number of likely N-dealkylation sites (tertiary alicyclic amines) is 2. The lowest BCUT2D eigenvalue weighted by molar-refractivity contribution is 0.0685. The lowest BCUT2D eigenvalue weighted by atomic mass is 10.1. The first-order valence-electron chi connectivity index (χ1n) is 20.0. The van der Waals surface area contributed by atoms with Crippen molar-refractivity contribution in [3.8, 4) is 23.0 Å². The van der Waals surface area contributed by atoms with Gasteiger partial charge < -0.3 is 43.6 Å². The third kappa shape index (κ3) is 11.4. The zero-order valence-electron chi connectivity index (χ0n) is 35.8. The highest BCUT2D eigenvalue weighted by Crippen LogP contribution is 2.39. The molecule has 0 bridgehead atoms. The molecule has 0 radical (unpaired) electrons. The number of amides is 3. The molecule has 2 heterocycles. The van der Waals surface area contributed by atoms with E-state index >= 15 is 0 Å². The monoisotopic (exact) mass is 820 g/mol. The molecule has 0 aliphatic carbocycles. The number of anilines is 2. The SMILES string of the molecule is C=CCOC(=O)Nc1cc(OCCCCCOc2cc(N)c(C(=O)N3CC(=C)C[C@H]3CO[Si](C)(C)C(C)(C)C)cc2OC)c(OC)cc1C(=O)N1CC(=C)C[C@H]1CC. The molecule has 3 N–H and O–H groups in total. The third-order valence-corrected chi connectivity index (χ3v) is 15.6. The molecule has 2 atom stereocenters. The Kier molecular flexibility index (Phi) is 15.9. The molecule has 2 aromatic rings. The number of hydrogen-bond acceptors (Lipinski definition) is 10. The van der Waals surface area contributed by atoms with Gasteiger partial charge in [-0.2, -0.15) is 0 Å². The Hall–Kier alpha value is -4.95. The van der Waals surface area contributed by atoms with Crippen LogP contribution in [-0.4, -0.2) is 102 Å². The van der Waals surface area contributed by atoms with Gasteiger partial charge in [-0.3, -0.25) is 14.9 Å². The molecule has 0 saturated carbocycles. The summed E-state index contributed by atoms with van der Waals surface area (Å²) in [7, 11) is 1.02. The van der Waals surface area contributed by atoms with Crippen LogP contribution in [0.1, 0.15) is 86.9 Å². The van der Waals surface area contributed by atoms with Crippen LogP contribution in [0.25, 0.3) is 0 Å². The summed E-state index contributed by atoms with van der Waals surface area (Å²) in [5.41, 5.74) is 9.58. The normalized spacial score (nSPS) is 17.0. The smallest absolute Gasteiger partial charge is 0.411 e. The van der Waals surface area contributed by atoms with Gasteiger partial charge in [0, 0.05) is 37.0 Å². The number of hydrogen-bond donors (Lipinski definition) is 2. The Bertz CT molecular complexity index is 1840. The number of rotatable bonds is 19. The molecule has 0 spiro atoms. The van der Waals surface area contributed by atoms with Crippen molar-refractivity contribution in [2.75, 3.05) is 64.8 Å². The Balaban J connectivity index is 1.35. The van der Waals surface area contributed by atoms with Gasteiger partial charge >= 0.3 is 6.09 Å². The van der Waals surface area contributed by atoms with Crippen LogP contribution in [0.2, 0.25) is 18.1 Å². The van der Waals surface area contributed by atoms with Gasteiger partial charge in [0.2, 0.25) is 0 Å². The molecule has 2 saturated heterocycles. The maximum Gasteiger partial charge on any atom is 0.411 e. The third-order valence-electron chi connectivity index (χ3n) is 11.1. The summed E-state index contributed by atoms with van der Waals surface area (Å²) in [6, 6.07) is 6.36. The van der Waals surface area contributed by atoms with Crippen LogP contribution < -0.4 is 30.0 Å². The van der Waals surface area contributed by atoms with Gasteiger partial charge in [0.05, 0.1) is 56.9 Å². The predicted octanol–water partition coefficient (Wildman–Crippen LogP) is 8.62. The number of methoxy groups -OCH3 is 2. The molecule has 13 nitrogen and oxygen atoms in total. The standard InChI is InChI=1S/C44H64N4O9Si/c1-12-17-56-43(51)46-36-25-40(38(53-9)23-34(36)42(50)47-26-29(3)20-31(47)13-2)55-19-16-14-15-18-54-39-24-35(45)33(22-37(39)52-8)41(49)48-27-30(4)21-32(48)28-57-58(10,11)44(5,6)7/h12,22-25,31-32H,1,3-4,13-21,26-28,45H2,2,5-11H3,(H,46,51)/t31-,32+/m1/s1. The molecule has 0 aromatic heterocycles. The number of nitrogens with zero attached hydrogens (tertiary/aromatic N) is 2. The van der Waals surface area contributed by atoms with E-state index in [1.807, 2.05) is 6.92 Å². The number of nitrogens with two attached hydrogens (primary N) is 1. The van der Waals surface area contributed by atoms with Crippen molar-refractivity contribution < 1.29 is 42.5 Å². The van der Waals surface area contributed by atoms with E-state index < -0.39 is 14.4 Å². The second-order valence-electron chi connectivity index (χ2n) is 16.5. The van der Waals surface area contributed by atoms with Crippen molar-refractivity contribution in [3.63, 3.8) is 0 Å². The van der Waals surface area contributed by atoms with Crippen LogP contribution in [-0.2, 0) is 9.16 Å². The second-order valence-corrected chi connectivity index (χ2v) is 21.3. The average Bonchev–Trinajstić information content (AvgIpc) is 3.76. The fraction of sp³-hybridized carbons (Fsp3) is 0.523. The molecule has 318 valence electrons. The number of nitrogens with one attached hydrogen (secondary N) is 1. The van der Waals surface area contributed by atoms with Gasteiger partial charge in [-0.25, -0.2) is 4.79 Å². The number of benzene rings is 2. The van der Waals surface area contributed by atoms with Crippen molar-refractivity contribution in [2.45, 2.75) is 96.4 Å². The second kappa shape index (κ2) is 20.1. The van der Waals surface area contributed by atoms with Gasteiger partial charge in [0.1, 0.15) is 6.61 Å². The van der Waals surface area contributed by atoms with E-state index in [2.05, 4.69) is 58.9 Å². The van der Waals surface area contributed by atoms with Crippen molar-refractivity contribution in [2.24, 2.45) is 0 Å². The van der Waals surface area contributed by atoms with Crippen LogP contribution in [0.15, 0.2) is 61.2 Å². The highest BCUT2D eigenvalue weighted by Gasteiger charge is 2.40. The van der Waals surface area contributed by atoms with Crippen LogP contribution in [0.4, 0.5) is 16.2 Å². The van der Waals surface area contributed by atoms with E-state index in [-0.39, 0.29) is 46.8 Å². The number of carbonyl (C=O) groups is 3. The molecule has 58 heavy (non-hydrogen) atoms. The Morgan fingerprint density at radius 3 is 1.93 bits per heavy atom. The van der Waals surface area contributed by atoms with E-state index in [9.17, 15) is 14.4 Å². The highest BCUT2D eigenvalue weighted by molar-refractivity contribution is 6.74. The van der Waals surface area contributed by atoms with Gasteiger partial charge in [-0.15, -0.1) is 0 Å². The minimum absolute atomic E-state index is 0.0113. The molecule has 14 heteroatoms. The molecule has 3 amide bonds. The Labute approximate surface area is 345 Å². The Morgan fingerprint density at radius 2 is 1.38 bits per heavy atom. The fourth-order valence-corrected chi connectivity index (χ4v) is 7.79. The molecular weight excluding hydrogens is 757 g/mol. The summed E-state index contributed by atoms with van der Waals surface area (Å²) in [5.74, 6) is 1.16. The van der Waals surface area contributed by atoms with Crippen molar-refractivity contribution in [1.29, 1.82) is 0 Å².